The van der Waals surface area contributed by atoms with Crippen LogP contribution in [0.25, 0.3) is 0 Å². The molecule has 10 heteroatoms. The molecule has 3 aromatic rings. The molecule has 0 spiro atoms. The van der Waals surface area contributed by atoms with Crippen molar-refractivity contribution in [1.82, 2.24) is 5.01 Å². The van der Waals surface area contributed by atoms with Crippen LogP contribution in [0.2, 0.25) is 5.02 Å². The number of rotatable bonds is 4. The molecule has 0 aliphatic carbocycles. The van der Waals surface area contributed by atoms with Crippen LogP contribution in [0.1, 0.15) is 27.5 Å². The summed E-state index contributed by atoms with van der Waals surface area (Å²) >= 11 is 6.00. The van der Waals surface area contributed by atoms with E-state index in [9.17, 15) is 24.5 Å². The van der Waals surface area contributed by atoms with Crippen LogP contribution in [0, 0.1) is 22.0 Å². The SMILES string of the molecule is O=C(c1ccc(Cl)cc1)[C@@H]1[C@@H]2C(=O)N(c3cccc([N+](=O)[O-])c3)C(=O)[C@@H]2[C@H]2c3ccccc3C=NN12. The molecule has 178 valence electrons. The number of fused-ring (bicyclic) bond motifs is 5. The van der Waals surface area contributed by atoms with Gasteiger partial charge in [-0.3, -0.25) is 29.5 Å². The molecule has 0 aromatic heterocycles. The maximum absolute atomic E-state index is 13.8. The second-order valence-electron chi connectivity index (χ2n) is 8.85. The van der Waals surface area contributed by atoms with Gasteiger partial charge in [0.25, 0.3) is 5.69 Å². The third kappa shape index (κ3) is 3.16. The van der Waals surface area contributed by atoms with E-state index in [1.165, 1.54) is 24.3 Å². The lowest BCUT2D eigenvalue weighted by molar-refractivity contribution is -0.384. The van der Waals surface area contributed by atoms with E-state index >= 15 is 0 Å². The Morgan fingerprint density at radius 3 is 2.42 bits per heavy atom. The fourth-order valence-corrected chi connectivity index (χ4v) is 5.58. The molecule has 4 atom stereocenters. The molecule has 0 unspecified atom stereocenters. The molecule has 6 rings (SSSR count). The fraction of sp³-hybridized carbons (Fsp3) is 0.154. The van der Waals surface area contributed by atoms with Crippen molar-refractivity contribution in [3.05, 3.63) is 105 Å². The van der Waals surface area contributed by atoms with Crippen molar-refractivity contribution in [2.45, 2.75) is 12.1 Å². The van der Waals surface area contributed by atoms with Crippen LogP contribution in [0.15, 0.2) is 77.9 Å². The predicted octanol–water partition coefficient (Wildman–Crippen LogP) is 4.01. The van der Waals surface area contributed by atoms with Crippen LogP contribution in [0.5, 0.6) is 0 Å². The van der Waals surface area contributed by atoms with Gasteiger partial charge in [-0.1, -0.05) is 41.9 Å². The van der Waals surface area contributed by atoms with Crippen molar-refractivity contribution in [1.29, 1.82) is 0 Å². The van der Waals surface area contributed by atoms with E-state index in [1.807, 2.05) is 24.3 Å². The van der Waals surface area contributed by atoms with E-state index in [-0.39, 0.29) is 17.2 Å². The quantitative estimate of drug-likeness (QED) is 0.231. The van der Waals surface area contributed by atoms with Gasteiger partial charge in [-0.05, 0) is 41.5 Å². The Bertz CT molecular complexity index is 1490. The summed E-state index contributed by atoms with van der Waals surface area (Å²) < 4.78 is 0. The molecule has 3 aliphatic heterocycles. The maximum Gasteiger partial charge on any atom is 0.271 e. The zero-order valence-corrected chi connectivity index (χ0v) is 19.3. The largest absolute Gasteiger partial charge is 0.292 e. The Kier molecular flexibility index (Phi) is 4.97. The molecule has 3 aromatic carbocycles. The highest BCUT2D eigenvalue weighted by atomic mass is 35.5. The van der Waals surface area contributed by atoms with Gasteiger partial charge in [0.2, 0.25) is 11.8 Å². The van der Waals surface area contributed by atoms with Gasteiger partial charge in [-0.15, -0.1) is 0 Å². The van der Waals surface area contributed by atoms with Crippen LogP contribution >= 0.6 is 11.6 Å². The molecule has 9 nitrogen and oxygen atoms in total. The summed E-state index contributed by atoms with van der Waals surface area (Å²) in [6, 6.07) is 17.4. The molecule has 2 amide bonds. The number of carbonyl (C=O) groups excluding carboxylic acids is 3. The summed E-state index contributed by atoms with van der Waals surface area (Å²) in [5.41, 5.74) is 1.78. The number of nitrogens with zero attached hydrogens (tertiary/aromatic N) is 4. The number of imide groups is 1. The highest BCUT2D eigenvalue weighted by Gasteiger charge is 2.65. The number of anilines is 1. The lowest BCUT2D eigenvalue weighted by atomic mass is 9.83. The number of amides is 2. The Morgan fingerprint density at radius 2 is 1.67 bits per heavy atom. The average molecular weight is 501 g/mol. The molecule has 2 saturated heterocycles. The normalized spacial score (nSPS) is 23.9. The number of nitro benzene ring substituents is 1. The number of hydrazone groups is 1. The smallest absolute Gasteiger partial charge is 0.271 e. The van der Waals surface area contributed by atoms with E-state index in [1.54, 1.807) is 35.5 Å². The highest BCUT2D eigenvalue weighted by molar-refractivity contribution is 6.30. The van der Waals surface area contributed by atoms with Gasteiger partial charge in [-0.2, -0.15) is 5.10 Å². The lowest BCUT2D eigenvalue weighted by Crippen LogP contribution is -2.44. The second-order valence-corrected chi connectivity index (χ2v) is 9.29. The van der Waals surface area contributed by atoms with Gasteiger partial charge in [0.05, 0.1) is 34.7 Å². The molecule has 2 fully saturated rings. The second kappa shape index (κ2) is 8.10. The minimum atomic E-state index is -1.04. The molecular formula is C26H17ClN4O5. The average Bonchev–Trinajstić information content (AvgIpc) is 3.36. The van der Waals surface area contributed by atoms with Crippen LogP contribution < -0.4 is 4.90 Å². The van der Waals surface area contributed by atoms with Crippen molar-refractivity contribution in [2.24, 2.45) is 16.9 Å². The minimum Gasteiger partial charge on any atom is -0.292 e. The van der Waals surface area contributed by atoms with Gasteiger partial charge in [0, 0.05) is 22.7 Å². The first kappa shape index (κ1) is 22.1. The molecule has 0 radical (unpaired) electrons. The Morgan fingerprint density at radius 1 is 0.944 bits per heavy atom. The van der Waals surface area contributed by atoms with Crippen LogP contribution in [0.3, 0.4) is 0 Å². The molecular weight excluding hydrogens is 484 g/mol. The molecule has 0 N–H and O–H groups in total. The van der Waals surface area contributed by atoms with E-state index < -0.39 is 40.7 Å². The predicted molar refractivity (Wildman–Crippen MR) is 131 cm³/mol. The third-order valence-electron chi connectivity index (χ3n) is 6.99. The number of nitro groups is 1. The first-order valence-corrected chi connectivity index (χ1v) is 11.6. The Balaban J connectivity index is 1.49. The van der Waals surface area contributed by atoms with Crippen LogP contribution in [-0.4, -0.2) is 39.8 Å². The Hall–Kier alpha value is -4.37. The van der Waals surface area contributed by atoms with Crippen molar-refractivity contribution >= 4 is 46.8 Å². The van der Waals surface area contributed by atoms with Gasteiger partial charge >= 0.3 is 0 Å². The summed E-state index contributed by atoms with van der Waals surface area (Å²) in [5.74, 6) is -3.37. The minimum absolute atomic E-state index is 0.102. The Labute approximate surface area is 209 Å². The first-order chi connectivity index (χ1) is 17.4. The number of halogens is 1. The molecule has 0 bridgehead atoms. The van der Waals surface area contributed by atoms with Crippen molar-refractivity contribution < 1.29 is 19.3 Å². The molecule has 3 aliphatic rings. The molecule has 3 heterocycles. The van der Waals surface area contributed by atoms with Gasteiger partial charge in [0.1, 0.15) is 6.04 Å². The highest BCUT2D eigenvalue weighted by Crippen LogP contribution is 2.53. The zero-order chi connectivity index (χ0) is 25.1. The number of benzene rings is 3. The van der Waals surface area contributed by atoms with Crippen molar-refractivity contribution in [2.75, 3.05) is 4.90 Å². The number of hydrogen-bond acceptors (Lipinski definition) is 7. The fourth-order valence-electron chi connectivity index (χ4n) is 5.45. The third-order valence-corrected chi connectivity index (χ3v) is 7.24. The summed E-state index contributed by atoms with van der Waals surface area (Å²) in [6.07, 6.45) is 1.63. The monoisotopic (exact) mass is 500 g/mol. The maximum atomic E-state index is 13.8. The summed E-state index contributed by atoms with van der Waals surface area (Å²) in [4.78, 5) is 53.1. The number of carbonyl (C=O) groups is 3. The zero-order valence-electron chi connectivity index (χ0n) is 18.5. The standard InChI is InChI=1S/C26H17ClN4O5/c27-16-10-8-14(9-11-16)24(32)23-21-20(22-19-7-2-1-4-15(19)13-28-30(22)23)25(33)29(26(21)34)17-5-3-6-18(12-17)31(35)36/h1-13,20-23H/t20-,21+,22+,23-/m0/s1. The number of hydrogen-bond donors (Lipinski definition) is 0. The molecule has 0 saturated carbocycles. The first-order valence-electron chi connectivity index (χ1n) is 11.2. The summed E-state index contributed by atoms with van der Waals surface area (Å²) in [6.45, 7) is 0. The van der Waals surface area contributed by atoms with Crippen molar-refractivity contribution in [3.63, 3.8) is 0 Å². The lowest BCUT2D eigenvalue weighted by Gasteiger charge is -2.33. The number of Topliss-reactive ketones (excluding diaryl/α,β-unsaturated/α-hetero) is 1. The van der Waals surface area contributed by atoms with Gasteiger partial charge in [-0.25, -0.2) is 4.90 Å². The van der Waals surface area contributed by atoms with Gasteiger partial charge < -0.3 is 0 Å². The van der Waals surface area contributed by atoms with Crippen LogP contribution in [0.4, 0.5) is 11.4 Å². The summed E-state index contributed by atoms with van der Waals surface area (Å²) in [5, 5.41) is 17.9. The van der Waals surface area contributed by atoms with Crippen molar-refractivity contribution in [3.8, 4) is 0 Å². The molecule has 36 heavy (non-hydrogen) atoms. The number of ketones is 1. The van der Waals surface area contributed by atoms with E-state index in [2.05, 4.69) is 5.10 Å². The van der Waals surface area contributed by atoms with E-state index in [0.29, 0.717) is 10.6 Å². The van der Waals surface area contributed by atoms with E-state index in [4.69, 9.17) is 11.6 Å². The van der Waals surface area contributed by atoms with Gasteiger partial charge in [0.15, 0.2) is 5.78 Å². The van der Waals surface area contributed by atoms with Crippen LogP contribution in [-0.2, 0) is 9.59 Å². The topological polar surface area (TPSA) is 113 Å². The summed E-state index contributed by atoms with van der Waals surface area (Å²) in [7, 11) is 0. The van der Waals surface area contributed by atoms with E-state index in [0.717, 1.165) is 16.0 Å². The number of non-ortho nitro benzene ring substituents is 1.